The summed E-state index contributed by atoms with van der Waals surface area (Å²) in [5.41, 5.74) is 5.66. The molecule has 2 aromatic rings. The van der Waals surface area contributed by atoms with Crippen LogP contribution in [0.2, 0.25) is 5.02 Å². The van der Waals surface area contributed by atoms with E-state index in [0.29, 0.717) is 10.8 Å². The maximum atomic E-state index is 12.1. The van der Waals surface area contributed by atoms with E-state index in [2.05, 4.69) is 15.6 Å². The first-order valence-electron chi connectivity index (χ1n) is 7.70. The van der Waals surface area contributed by atoms with Crippen LogP contribution in [0, 0.1) is 6.92 Å². The highest BCUT2D eigenvalue weighted by Crippen LogP contribution is 2.20. The number of hydrazine groups is 1. The van der Waals surface area contributed by atoms with E-state index < -0.39 is 21.8 Å². The molecule has 0 fully saturated rings. The van der Waals surface area contributed by atoms with Crippen molar-refractivity contribution < 1.29 is 22.7 Å². The Bertz CT molecular complexity index is 963. The Balaban J connectivity index is 1.86. The summed E-state index contributed by atoms with van der Waals surface area (Å²) in [4.78, 5) is 23.9. The van der Waals surface area contributed by atoms with Gasteiger partial charge in [0, 0.05) is 16.3 Å². The minimum absolute atomic E-state index is 0.165. The zero-order valence-corrected chi connectivity index (χ0v) is 16.1. The molecule has 10 heteroatoms. The number of hydrogen-bond acceptors (Lipinski definition) is 5. The Morgan fingerprint density at radius 2 is 1.85 bits per heavy atom. The number of nitrogens with one attached hydrogen (secondary N) is 3. The SMILES string of the molecule is Cc1cc(OCC(=O)NNC(=O)c2cccc(NS(C)(=O)=O)c2)ccc1Cl. The summed E-state index contributed by atoms with van der Waals surface area (Å²) in [6.45, 7) is 1.50. The number of rotatable bonds is 6. The Hall–Kier alpha value is -2.78. The summed E-state index contributed by atoms with van der Waals surface area (Å²) in [6.07, 6.45) is 1.00. The smallest absolute Gasteiger partial charge is 0.276 e. The van der Waals surface area contributed by atoms with E-state index in [9.17, 15) is 18.0 Å². The van der Waals surface area contributed by atoms with Crippen LogP contribution in [0.25, 0.3) is 0 Å². The molecule has 0 heterocycles. The molecular formula is C17H18ClN3O5S. The van der Waals surface area contributed by atoms with Gasteiger partial charge in [0.1, 0.15) is 5.75 Å². The molecule has 0 aromatic heterocycles. The van der Waals surface area contributed by atoms with Crippen molar-refractivity contribution in [3.8, 4) is 5.75 Å². The van der Waals surface area contributed by atoms with Gasteiger partial charge in [0.2, 0.25) is 10.0 Å². The second kappa shape index (κ2) is 8.74. The summed E-state index contributed by atoms with van der Waals surface area (Å²) in [6, 6.07) is 10.8. The molecule has 0 aliphatic heterocycles. The molecule has 0 atom stereocenters. The van der Waals surface area contributed by atoms with E-state index in [-0.39, 0.29) is 17.9 Å². The first-order valence-corrected chi connectivity index (χ1v) is 9.97. The quantitative estimate of drug-likeness (QED) is 0.628. The zero-order valence-electron chi connectivity index (χ0n) is 14.6. The average Bonchev–Trinajstić information content (AvgIpc) is 2.59. The fourth-order valence-electron chi connectivity index (χ4n) is 2.03. The van der Waals surface area contributed by atoms with E-state index in [1.54, 1.807) is 18.2 Å². The molecule has 2 amide bonds. The minimum atomic E-state index is -3.46. The normalized spacial score (nSPS) is 10.8. The van der Waals surface area contributed by atoms with Crippen LogP contribution in [0.5, 0.6) is 5.75 Å². The van der Waals surface area contributed by atoms with E-state index >= 15 is 0 Å². The fraction of sp³-hybridized carbons (Fsp3) is 0.176. The molecule has 0 bridgehead atoms. The van der Waals surface area contributed by atoms with Gasteiger partial charge in [-0.3, -0.25) is 25.2 Å². The van der Waals surface area contributed by atoms with Gasteiger partial charge >= 0.3 is 0 Å². The van der Waals surface area contributed by atoms with Crippen LogP contribution in [-0.4, -0.2) is 33.1 Å². The monoisotopic (exact) mass is 411 g/mol. The van der Waals surface area contributed by atoms with Crippen LogP contribution in [-0.2, 0) is 14.8 Å². The average molecular weight is 412 g/mol. The van der Waals surface area contributed by atoms with Gasteiger partial charge in [-0.1, -0.05) is 17.7 Å². The molecule has 0 saturated carbocycles. The summed E-state index contributed by atoms with van der Waals surface area (Å²) >= 11 is 5.91. The number of amides is 2. The van der Waals surface area contributed by atoms with Crippen molar-refractivity contribution in [3.63, 3.8) is 0 Å². The van der Waals surface area contributed by atoms with Gasteiger partial charge < -0.3 is 4.74 Å². The van der Waals surface area contributed by atoms with E-state index in [4.69, 9.17) is 16.3 Å². The molecule has 0 unspecified atom stereocenters. The highest BCUT2D eigenvalue weighted by Gasteiger charge is 2.10. The van der Waals surface area contributed by atoms with Gasteiger partial charge in [-0.05, 0) is 48.9 Å². The molecule has 0 radical (unpaired) electrons. The number of carbonyl (C=O) groups is 2. The van der Waals surface area contributed by atoms with Gasteiger partial charge in [0.05, 0.1) is 6.26 Å². The minimum Gasteiger partial charge on any atom is -0.484 e. The Labute approximate surface area is 161 Å². The van der Waals surface area contributed by atoms with Crippen LogP contribution in [0.3, 0.4) is 0 Å². The lowest BCUT2D eigenvalue weighted by Gasteiger charge is -2.10. The molecule has 3 N–H and O–H groups in total. The number of ether oxygens (including phenoxy) is 1. The number of carbonyl (C=O) groups excluding carboxylic acids is 2. The van der Waals surface area contributed by atoms with Crippen molar-refractivity contribution in [3.05, 3.63) is 58.6 Å². The van der Waals surface area contributed by atoms with Crippen LogP contribution < -0.4 is 20.3 Å². The highest BCUT2D eigenvalue weighted by molar-refractivity contribution is 7.92. The van der Waals surface area contributed by atoms with Crippen LogP contribution in [0.4, 0.5) is 5.69 Å². The van der Waals surface area contributed by atoms with Crippen molar-refractivity contribution >= 4 is 39.1 Å². The Morgan fingerprint density at radius 3 is 2.52 bits per heavy atom. The Kier molecular flexibility index (Phi) is 6.65. The largest absolute Gasteiger partial charge is 0.484 e. The lowest BCUT2D eigenvalue weighted by molar-refractivity contribution is -0.123. The molecule has 8 nitrogen and oxygen atoms in total. The number of benzene rings is 2. The Morgan fingerprint density at radius 1 is 1.11 bits per heavy atom. The lowest BCUT2D eigenvalue weighted by atomic mass is 10.2. The fourth-order valence-corrected chi connectivity index (χ4v) is 2.70. The molecular weight excluding hydrogens is 394 g/mol. The van der Waals surface area contributed by atoms with Crippen molar-refractivity contribution in [2.45, 2.75) is 6.92 Å². The van der Waals surface area contributed by atoms with E-state index in [0.717, 1.165) is 11.8 Å². The molecule has 0 saturated heterocycles. The third kappa shape index (κ3) is 6.80. The first kappa shape index (κ1) is 20.5. The highest BCUT2D eigenvalue weighted by atomic mass is 35.5. The maximum absolute atomic E-state index is 12.1. The molecule has 2 rings (SSSR count). The van der Waals surface area contributed by atoms with Crippen molar-refractivity contribution in [2.75, 3.05) is 17.6 Å². The van der Waals surface area contributed by atoms with Gasteiger partial charge in [-0.25, -0.2) is 8.42 Å². The molecule has 0 spiro atoms. The van der Waals surface area contributed by atoms with Gasteiger partial charge in [0.15, 0.2) is 6.61 Å². The lowest BCUT2D eigenvalue weighted by Crippen LogP contribution is -2.43. The number of halogens is 1. The summed E-state index contributed by atoms with van der Waals surface area (Å²) in [5, 5.41) is 0.589. The predicted octanol–water partition coefficient (Wildman–Crippen LogP) is 1.86. The van der Waals surface area contributed by atoms with Crippen molar-refractivity contribution in [1.82, 2.24) is 10.9 Å². The summed E-state index contributed by atoms with van der Waals surface area (Å²) in [5.74, 6) is -0.706. The van der Waals surface area contributed by atoms with Crippen molar-refractivity contribution in [1.29, 1.82) is 0 Å². The molecule has 0 aliphatic carbocycles. The van der Waals surface area contributed by atoms with Gasteiger partial charge in [-0.2, -0.15) is 0 Å². The standard InChI is InChI=1S/C17H18ClN3O5S/c1-11-8-14(6-7-15(11)18)26-10-16(22)19-20-17(23)12-4-3-5-13(9-12)21-27(2,24)25/h3-9,21H,10H2,1-2H3,(H,19,22)(H,20,23). The van der Waals surface area contributed by atoms with Crippen molar-refractivity contribution in [2.24, 2.45) is 0 Å². The number of hydrogen-bond donors (Lipinski definition) is 3. The van der Waals surface area contributed by atoms with Gasteiger partial charge in [-0.15, -0.1) is 0 Å². The maximum Gasteiger partial charge on any atom is 0.276 e. The second-order valence-corrected chi connectivity index (χ2v) is 7.81. The number of sulfonamides is 1. The molecule has 144 valence electrons. The van der Waals surface area contributed by atoms with Crippen LogP contribution >= 0.6 is 11.6 Å². The molecule has 27 heavy (non-hydrogen) atoms. The molecule has 0 aliphatic rings. The number of anilines is 1. The summed E-state index contributed by atoms with van der Waals surface area (Å²) < 4.78 is 30.1. The summed E-state index contributed by atoms with van der Waals surface area (Å²) in [7, 11) is -3.46. The van der Waals surface area contributed by atoms with Crippen LogP contribution in [0.15, 0.2) is 42.5 Å². The first-order chi connectivity index (χ1) is 12.6. The molecule has 2 aromatic carbocycles. The third-order valence-corrected chi connectivity index (χ3v) is 4.27. The predicted molar refractivity (Wildman–Crippen MR) is 102 cm³/mol. The number of aryl methyl sites for hydroxylation is 1. The second-order valence-electron chi connectivity index (χ2n) is 5.66. The zero-order chi connectivity index (χ0) is 20.0. The third-order valence-electron chi connectivity index (χ3n) is 3.24. The van der Waals surface area contributed by atoms with E-state index in [1.165, 1.54) is 24.3 Å². The topological polar surface area (TPSA) is 114 Å². The van der Waals surface area contributed by atoms with Crippen LogP contribution in [0.1, 0.15) is 15.9 Å². The van der Waals surface area contributed by atoms with E-state index in [1.807, 2.05) is 6.92 Å². The van der Waals surface area contributed by atoms with Gasteiger partial charge in [0.25, 0.3) is 11.8 Å².